The van der Waals surface area contributed by atoms with E-state index in [1.165, 1.54) is 0 Å². The quantitative estimate of drug-likeness (QED) is 0.911. The summed E-state index contributed by atoms with van der Waals surface area (Å²) in [4.78, 5) is 11.4. The predicted molar refractivity (Wildman–Crippen MR) is 82.9 cm³/mol. The summed E-state index contributed by atoms with van der Waals surface area (Å²) < 4.78 is 5.63. The molecule has 0 aromatic heterocycles. The van der Waals surface area contributed by atoms with Crippen molar-refractivity contribution in [3.63, 3.8) is 0 Å². The van der Waals surface area contributed by atoms with Crippen molar-refractivity contribution in [2.45, 2.75) is 33.3 Å². The first kappa shape index (κ1) is 15.1. The molecule has 2 aromatic carbocycles. The maximum Gasteiger partial charge on any atom is 0.345 e. The van der Waals surface area contributed by atoms with Crippen LogP contribution in [0.4, 0.5) is 0 Å². The maximum absolute atomic E-state index is 11.4. The van der Waals surface area contributed by atoms with E-state index in [1.54, 1.807) is 12.1 Å². The van der Waals surface area contributed by atoms with Gasteiger partial charge in [-0.1, -0.05) is 41.5 Å². The van der Waals surface area contributed by atoms with Crippen LogP contribution in [0, 0.1) is 20.8 Å². The zero-order valence-corrected chi connectivity index (χ0v) is 12.6. The molecule has 0 aliphatic carbocycles. The monoisotopic (exact) mass is 284 g/mol. The van der Waals surface area contributed by atoms with Crippen LogP contribution in [0.1, 0.15) is 22.3 Å². The van der Waals surface area contributed by atoms with E-state index in [9.17, 15) is 9.90 Å². The van der Waals surface area contributed by atoms with Crippen molar-refractivity contribution in [3.05, 3.63) is 64.7 Å². The van der Waals surface area contributed by atoms with Crippen LogP contribution in [0.15, 0.2) is 42.5 Å². The summed E-state index contributed by atoms with van der Waals surface area (Å²) in [7, 11) is 0. The lowest BCUT2D eigenvalue weighted by Crippen LogP contribution is -2.29. The minimum Gasteiger partial charge on any atom is -0.478 e. The van der Waals surface area contributed by atoms with Gasteiger partial charge in [-0.3, -0.25) is 0 Å². The van der Waals surface area contributed by atoms with Gasteiger partial charge in [0.25, 0.3) is 0 Å². The SMILES string of the molecule is Cc1ccc(O[C@H](Cc2cc(C)ccc2C)C(=O)O)cc1. The fraction of sp³-hybridized carbons (Fsp3) is 0.278. The molecule has 21 heavy (non-hydrogen) atoms. The second kappa shape index (κ2) is 6.44. The number of hydrogen-bond donors (Lipinski definition) is 1. The number of hydrogen-bond acceptors (Lipinski definition) is 2. The molecule has 0 bridgehead atoms. The molecule has 2 aromatic rings. The second-order valence-corrected chi connectivity index (χ2v) is 5.39. The van der Waals surface area contributed by atoms with Crippen molar-refractivity contribution >= 4 is 5.97 Å². The normalized spacial score (nSPS) is 12.0. The van der Waals surface area contributed by atoms with E-state index in [0.717, 1.165) is 22.3 Å². The van der Waals surface area contributed by atoms with Crippen LogP contribution in [-0.4, -0.2) is 17.2 Å². The van der Waals surface area contributed by atoms with Crippen molar-refractivity contribution < 1.29 is 14.6 Å². The van der Waals surface area contributed by atoms with Crippen LogP contribution in [0.25, 0.3) is 0 Å². The Kier molecular flexibility index (Phi) is 4.63. The fourth-order valence-electron chi connectivity index (χ4n) is 2.18. The largest absolute Gasteiger partial charge is 0.478 e. The lowest BCUT2D eigenvalue weighted by Gasteiger charge is -2.17. The summed E-state index contributed by atoms with van der Waals surface area (Å²) in [6.07, 6.45) is -0.523. The van der Waals surface area contributed by atoms with Gasteiger partial charge >= 0.3 is 5.97 Å². The van der Waals surface area contributed by atoms with Gasteiger partial charge in [0.15, 0.2) is 6.10 Å². The number of carboxylic acids is 1. The summed E-state index contributed by atoms with van der Waals surface area (Å²) in [5.41, 5.74) is 4.33. The third-order valence-corrected chi connectivity index (χ3v) is 3.48. The first-order valence-corrected chi connectivity index (χ1v) is 6.98. The Morgan fingerprint density at radius 1 is 1.05 bits per heavy atom. The van der Waals surface area contributed by atoms with Gasteiger partial charge in [-0.25, -0.2) is 4.79 Å². The Morgan fingerprint density at radius 3 is 2.29 bits per heavy atom. The molecule has 0 unspecified atom stereocenters. The summed E-state index contributed by atoms with van der Waals surface area (Å²) in [6, 6.07) is 13.5. The van der Waals surface area contributed by atoms with Gasteiger partial charge in [-0.15, -0.1) is 0 Å². The highest BCUT2D eigenvalue weighted by Crippen LogP contribution is 2.18. The summed E-state index contributed by atoms with van der Waals surface area (Å²) in [5.74, 6) is -0.366. The fourth-order valence-corrected chi connectivity index (χ4v) is 2.18. The summed E-state index contributed by atoms with van der Waals surface area (Å²) >= 11 is 0. The average Bonchev–Trinajstić information content (AvgIpc) is 2.44. The average molecular weight is 284 g/mol. The highest BCUT2D eigenvalue weighted by molar-refractivity contribution is 5.73. The Balaban J connectivity index is 2.17. The Hall–Kier alpha value is -2.29. The Morgan fingerprint density at radius 2 is 1.67 bits per heavy atom. The molecule has 0 saturated carbocycles. The molecular weight excluding hydrogens is 264 g/mol. The van der Waals surface area contributed by atoms with Gasteiger partial charge < -0.3 is 9.84 Å². The molecule has 0 spiro atoms. The zero-order chi connectivity index (χ0) is 15.4. The topological polar surface area (TPSA) is 46.5 Å². The first-order chi connectivity index (χ1) is 9.95. The number of ether oxygens (including phenoxy) is 1. The van der Waals surface area contributed by atoms with Crippen molar-refractivity contribution in [1.82, 2.24) is 0 Å². The van der Waals surface area contributed by atoms with Crippen LogP contribution in [0.5, 0.6) is 5.75 Å². The third kappa shape index (κ3) is 4.09. The van der Waals surface area contributed by atoms with Crippen molar-refractivity contribution in [2.24, 2.45) is 0 Å². The van der Waals surface area contributed by atoms with Crippen LogP contribution in [0.2, 0.25) is 0 Å². The molecule has 1 atom stereocenters. The maximum atomic E-state index is 11.4. The molecule has 0 aliphatic heterocycles. The number of rotatable bonds is 5. The molecular formula is C18H20O3. The molecule has 0 heterocycles. The number of aliphatic carboxylic acids is 1. The summed E-state index contributed by atoms with van der Waals surface area (Å²) in [5, 5.41) is 9.39. The molecule has 0 radical (unpaired) electrons. The smallest absolute Gasteiger partial charge is 0.345 e. The molecule has 2 rings (SSSR count). The second-order valence-electron chi connectivity index (χ2n) is 5.39. The van der Waals surface area contributed by atoms with Gasteiger partial charge in [0.1, 0.15) is 5.75 Å². The van der Waals surface area contributed by atoms with Gasteiger partial charge in [-0.2, -0.15) is 0 Å². The van der Waals surface area contributed by atoms with Crippen LogP contribution in [0.3, 0.4) is 0 Å². The molecule has 0 fully saturated rings. The van der Waals surface area contributed by atoms with E-state index < -0.39 is 12.1 Å². The number of benzene rings is 2. The number of carboxylic acid groups (broad SMARTS) is 1. The van der Waals surface area contributed by atoms with Crippen LogP contribution in [-0.2, 0) is 11.2 Å². The van der Waals surface area contributed by atoms with E-state index in [0.29, 0.717) is 12.2 Å². The number of carbonyl (C=O) groups is 1. The third-order valence-electron chi connectivity index (χ3n) is 3.48. The lowest BCUT2D eigenvalue weighted by molar-refractivity contribution is -0.145. The Labute approximate surface area is 125 Å². The van der Waals surface area contributed by atoms with Crippen LogP contribution >= 0.6 is 0 Å². The van der Waals surface area contributed by atoms with E-state index in [1.807, 2.05) is 51.1 Å². The van der Waals surface area contributed by atoms with E-state index in [-0.39, 0.29) is 0 Å². The molecule has 0 amide bonds. The van der Waals surface area contributed by atoms with Gasteiger partial charge in [-0.05, 0) is 44.0 Å². The predicted octanol–water partition coefficient (Wildman–Crippen LogP) is 3.69. The lowest BCUT2D eigenvalue weighted by atomic mass is 10.00. The molecule has 0 aliphatic rings. The van der Waals surface area contributed by atoms with Crippen molar-refractivity contribution in [2.75, 3.05) is 0 Å². The van der Waals surface area contributed by atoms with E-state index >= 15 is 0 Å². The van der Waals surface area contributed by atoms with Crippen molar-refractivity contribution in [1.29, 1.82) is 0 Å². The molecule has 0 saturated heterocycles. The molecule has 3 heteroatoms. The highest BCUT2D eigenvalue weighted by Gasteiger charge is 2.21. The highest BCUT2D eigenvalue weighted by atomic mass is 16.5. The zero-order valence-electron chi connectivity index (χ0n) is 12.6. The Bertz CT molecular complexity index is 629. The minimum atomic E-state index is -0.948. The standard InChI is InChI=1S/C18H20O3/c1-12-5-8-16(9-6-12)21-17(18(19)20)11-15-10-13(2)4-7-14(15)3/h4-10,17H,11H2,1-3H3,(H,19,20)/t17-/m1/s1. The molecule has 3 nitrogen and oxygen atoms in total. The van der Waals surface area contributed by atoms with Gasteiger partial charge in [0.05, 0.1) is 0 Å². The number of aryl methyl sites for hydroxylation is 3. The van der Waals surface area contributed by atoms with E-state index in [4.69, 9.17) is 4.74 Å². The minimum absolute atomic E-state index is 0.358. The van der Waals surface area contributed by atoms with Crippen LogP contribution < -0.4 is 4.74 Å². The van der Waals surface area contributed by atoms with Gasteiger partial charge in [0, 0.05) is 6.42 Å². The molecule has 110 valence electrons. The van der Waals surface area contributed by atoms with Crippen molar-refractivity contribution in [3.8, 4) is 5.75 Å². The first-order valence-electron chi connectivity index (χ1n) is 6.98. The van der Waals surface area contributed by atoms with Gasteiger partial charge in [0.2, 0.25) is 0 Å². The summed E-state index contributed by atoms with van der Waals surface area (Å²) in [6.45, 7) is 5.97. The molecule has 1 N–H and O–H groups in total. The van der Waals surface area contributed by atoms with E-state index in [2.05, 4.69) is 0 Å².